The second kappa shape index (κ2) is 7.68. The largest absolute Gasteiger partial charge is 0.477 e. The van der Waals surface area contributed by atoms with Crippen LogP contribution < -0.4 is 15.4 Å². The predicted molar refractivity (Wildman–Crippen MR) is 82.2 cm³/mol. The summed E-state index contributed by atoms with van der Waals surface area (Å²) in [6.45, 7) is -0.688. The number of ether oxygens (including phenoxy) is 1. The number of carbonyl (C=O) groups is 2. The van der Waals surface area contributed by atoms with Gasteiger partial charge in [0.25, 0.3) is 5.91 Å². The van der Waals surface area contributed by atoms with Gasteiger partial charge in [0.1, 0.15) is 5.82 Å². The number of nitrogens with one attached hydrogen (secondary N) is 2. The van der Waals surface area contributed by atoms with Crippen LogP contribution in [0.25, 0.3) is 0 Å². The van der Waals surface area contributed by atoms with Gasteiger partial charge in [-0.1, -0.05) is 18.2 Å². The SMILES string of the molecule is O=C(COc1cc(F)ccc1[N+](=O)[O-])NC(=O)Nc1ccccc1. The molecule has 2 N–H and O–H groups in total. The molecule has 0 unspecified atom stereocenters. The highest BCUT2D eigenvalue weighted by atomic mass is 19.1. The number of anilines is 1. The van der Waals surface area contributed by atoms with E-state index in [2.05, 4.69) is 5.32 Å². The van der Waals surface area contributed by atoms with Gasteiger partial charge in [-0.25, -0.2) is 9.18 Å². The number of benzene rings is 2. The van der Waals surface area contributed by atoms with Crippen LogP contribution in [-0.2, 0) is 4.79 Å². The highest BCUT2D eigenvalue weighted by Gasteiger charge is 2.17. The second-order valence-electron chi connectivity index (χ2n) is 4.53. The Balaban J connectivity index is 1.90. The monoisotopic (exact) mass is 333 g/mol. The van der Waals surface area contributed by atoms with Crippen LogP contribution in [-0.4, -0.2) is 23.5 Å². The van der Waals surface area contributed by atoms with E-state index in [9.17, 15) is 24.1 Å². The van der Waals surface area contributed by atoms with E-state index < -0.39 is 40.7 Å². The van der Waals surface area contributed by atoms with Gasteiger partial charge in [0, 0.05) is 17.8 Å². The van der Waals surface area contributed by atoms with Crippen LogP contribution in [0.3, 0.4) is 0 Å². The van der Waals surface area contributed by atoms with Crippen LogP contribution in [0.1, 0.15) is 0 Å². The summed E-state index contributed by atoms with van der Waals surface area (Å²) < 4.78 is 18.0. The summed E-state index contributed by atoms with van der Waals surface area (Å²) in [7, 11) is 0. The first-order chi connectivity index (χ1) is 11.5. The molecule has 0 aliphatic rings. The van der Waals surface area contributed by atoms with Crippen LogP contribution in [0.15, 0.2) is 48.5 Å². The standard InChI is InChI=1S/C15H12FN3O5/c16-10-6-7-12(19(22)23)13(8-10)24-9-14(20)18-15(21)17-11-4-2-1-3-5-11/h1-8H,9H2,(H2,17,18,20,21). The number of halogens is 1. The van der Waals surface area contributed by atoms with Gasteiger partial charge in [0.2, 0.25) is 5.75 Å². The number of nitro benzene ring substituents is 1. The lowest BCUT2D eigenvalue weighted by Crippen LogP contribution is -2.37. The fraction of sp³-hybridized carbons (Fsp3) is 0.0667. The molecule has 0 aliphatic carbocycles. The second-order valence-corrected chi connectivity index (χ2v) is 4.53. The number of urea groups is 1. The van der Waals surface area contributed by atoms with Gasteiger partial charge in [-0.3, -0.25) is 20.2 Å². The number of nitro groups is 1. The van der Waals surface area contributed by atoms with Crippen molar-refractivity contribution >= 4 is 23.3 Å². The summed E-state index contributed by atoms with van der Waals surface area (Å²) in [5.41, 5.74) is -0.0116. The van der Waals surface area contributed by atoms with Crippen LogP contribution in [0.2, 0.25) is 0 Å². The topological polar surface area (TPSA) is 111 Å². The van der Waals surface area contributed by atoms with Crippen LogP contribution in [0.4, 0.5) is 20.6 Å². The van der Waals surface area contributed by atoms with E-state index in [0.717, 1.165) is 18.2 Å². The smallest absolute Gasteiger partial charge is 0.325 e. The molecule has 2 rings (SSSR count). The van der Waals surface area contributed by atoms with E-state index in [0.29, 0.717) is 5.69 Å². The molecular weight excluding hydrogens is 321 g/mol. The summed E-state index contributed by atoms with van der Waals surface area (Å²) in [5.74, 6) is -2.00. The molecule has 0 aromatic heterocycles. The molecule has 0 bridgehead atoms. The lowest BCUT2D eigenvalue weighted by atomic mass is 10.3. The number of imide groups is 1. The minimum atomic E-state index is -0.845. The molecule has 0 atom stereocenters. The Morgan fingerprint density at radius 3 is 2.54 bits per heavy atom. The maximum atomic E-state index is 13.1. The van der Waals surface area contributed by atoms with Crippen molar-refractivity contribution in [2.24, 2.45) is 0 Å². The van der Waals surface area contributed by atoms with E-state index in [4.69, 9.17) is 4.74 Å². The summed E-state index contributed by atoms with van der Waals surface area (Å²) in [6, 6.07) is 10.2. The Bertz CT molecular complexity index is 767. The van der Waals surface area contributed by atoms with Crippen molar-refractivity contribution in [2.75, 3.05) is 11.9 Å². The van der Waals surface area contributed by atoms with E-state index in [1.807, 2.05) is 5.32 Å². The molecule has 0 heterocycles. The van der Waals surface area contributed by atoms with Gasteiger partial charge >= 0.3 is 11.7 Å². The van der Waals surface area contributed by atoms with E-state index >= 15 is 0 Å². The zero-order chi connectivity index (χ0) is 17.5. The Labute approximate surface area is 135 Å². The third-order valence-corrected chi connectivity index (χ3v) is 2.76. The van der Waals surface area contributed by atoms with Gasteiger partial charge in [-0.15, -0.1) is 0 Å². The minimum absolute atomic E-state index is 0.404. The van der Waals surface area contributed by atoms with Gasteiger partial charge in [-0.05, 0) is 18.2 Å². The Kier molecular flexibility index (Phi) is 5.40. The maximum Gasteiger partial charge on any atom is 0.325 e. The number of hydrogen-bond acceptors (Lipinski definition) is 5. The first kappa shape index (κ1) is 16.9. The Hall–Kier alpha value is -3.49. The van der Waals surface area contributed by atoms with Gasteiger partial charge in [0.05, 0.1) is 4.92 Å². The van der Waals surface area contributed by atoms with Crippen molar-refractivity contribution in [1.82, 2.24) is 5.32 Å². The van der Waals surface area contributed by atoms with Crippen molar-refractivity contribution in [3.8, 4) is 5.75 Å². The number of hydrogen-bond donors (Lipinski definition) is 2. The number of nitrogens with zero attached hydrogens (tertiary/aromatic N) is 1. The molecule has 0 fully saturated rings. The molecule has 2 aromatic rings. The molecule has 0 saturated heterocycles. The normalized spacial score (nSPS) is 9.88. The van der Waals surface area contributed by atoms with Crippen molar-refractivity contribution in [1.29, 1.82) is 0 Å². The van der Waals surface area contributed by atoms with E-state index in [1.54, 1.807) is 30.3 Å². The molecule has 3 amide bonds. The average Bonchev–Trinajstić information content (AvgIpc) is 2.53. The number of carbonyl (C=O) groups excluding carboxylic acids is 2. The fourth-order valence-corrected chi connectivity index (χ4v) is 1.74. The quantitative estimate of drug-likeness (QED) is 0.645. The van der Waals surface area contributed by atoms with Crippen molar-refractivity contribution in [3.63, 3.8) is 0 Å². The summed E-state index contributed by atoms with van der Waals surface area (Å²) in [6.07, 6.45) is 0. The van der Waals surface area contributed by atoms with Crippen molar-refractivity contribution in [3.05, 3.63) is 64.5 Å². The third kappa shape index (κ3) is 4.77. The molecule has 0 saturated carbocycles. The minimum Gasteiger partial charge on any atom is -0.477 e. The summed E-state index contributed by atoms with van der Waals surface area (Å²) in [4.78, 5) is 33.2. The van der Waals surface area contributed by atoms with Gasteiger partial charge < -0.3 is 10.1 Å². The summed E-state index contributed by atoms with van der Waals surface area (Å²) >= 11 is 0. The fourth-order valence-electron chi connectivity index (χ4n) is 1.74. The van der Waals surface area contributed by atoms with Crippen LogP contribution in [0.5, 0.6) is 5.75 Å². The molecule has 8 nitrogen and oxygen atoms in total. The van der Waals surface area contributed by atoms with Crippen molar-refractivity contribution < 1.29 is 23.6 Å². The maximum absolute atomic E-state index is 13.1. The lowest BCUT2D eigenvalue weighted by molar-refractivity contribution is -0.385. The molecular formula is C15H12FN3O5. The molecule has 2 aromatic carbocycles. The molecule has 9 heteroatoms. The highest BCUT2D eigenvalue weighted by molar-refractivity contribution is 6.01. The van der Waals surface area contributed by atoms with Crippen molar-refractivity contribution in [2.45, 2.75) is 0 Å². The van der Waals surface area contributed by atoms with E-state index in [-0.39, 0.29) is 0 Å². The van der Waals surface area contributed by atoms with E-state index in [1.165, 1.54) is 0 Å². The van der Waals surface area contributed by atoms with Gasteiger partial charge in [-0.2, -0.15) is 0 Å². The van der Waals surface area contributed by atoms with Gasteiger partial charge in [0.15, 0.2) is 6.61 Å². The zero-order valence-electron chi connectivity index (χ0n) is 12.2. The summed E-state index contributed by atoms with van der Waals surface area (Å²) in [5, 5.41) is 15.2. The average molecular weight is 333 g/mol. The lowest BCUT2D eigenvalue weighted by Gasteiger charge is -2.08. The highest BCUT2D eigenvalue weighted by Crippen LogP contribution is 2.27. The molecule has 0 spiro atoms. The number of rotatable bonds is 5. The third-order valence-electron chi connectivity index (χ3n) is 2.76. The Morgan fingerprint density at radius 1 is 1.17 bits per heavy atom. The molecule has 0 aliphatic heterocycles. The first-order valence-electron chi connectivity index (χ1n) is 6.68. The molecule has 24 heavy (non-hydrogen) atoms. The van der Waals surface area contributed by atoms with Crippen LogP contribution in [0, 0.1) is 15.9 Å². The first-order valence-corrected chi connectivity index (χ1v) is 6.68. The number of amides is 3. The number of para-hydroxylation sites is 1. The van der Waals surface area contributed by atoms with Crippen LogP contribution >= 0.6 is 0 Å². The predicted octanol–water partition coefficient (Wildman–Crippen LogP) is 2.46. The molecule has 124 valence electrons. The zero-order valence-corrected chi connectivity index (χ0v) is 12.2. The molecule has 0 radical (unpaired) electrons. The Morgan fingerprint density at radius 2 is 1.88 bits per heavy atom.